The Hall–Kier alpha value is -1.66. The lowest BCUT2D eigenvalue weighted by Gasteiger charge is -2.23. The second-order valence-electron chi connectivity index (χ2n) is 4.78. The third-order valence-electron chi connectivity index (χ3n) is 3.18. The Morgan fingerprint density at radius 3 is 2.48 bits per heavy atom. The Balaban J connectivity index is 2.71. The molecule has 0 aliphatic rings. The van der Waals surface area contributed by atoms with Crippen LogP contribution in [-0.4, -0.2) is 47.3 Å². The van der Waals surface area contributed by atoms with Gasteiger partial charge in [0.2, 0.25) is 5.91 Å². The minimum Gasteiger partial charge on any atom is -0.342 e. The van der Waals surface area contributed by atoms with Crippen molar-refractivity contribution in [1.29, 1.82) is 0 Å². The molecule has 0 radical (unpaired) electrons. The van der Waals surface area contributed by atoms with Crippen LogP contribution in [0.15, 0.2) is 18.2 Å². The second-order valence-corrected chi connectivity index (χ2v) is 5.19. The van der Waals surface area contributed by atoms with Gasteiger partial charge in [0.1, 0.15) is 5.02 Å². The summed E-state index contributed by atoms with van der Waals surface area (Å²) in [5.41, 5.74) is 0.638. The van der Waals surface area contributed by atoms with E-state index < -0.39 is 4.92 Å². The monoisotopic (exact) mass is 313 g/mol. The zero-order chi connectivity index (χ0) is 16.0. The molecule has 0 aromatic heterocycles. The number of rotatable bonds is 7. The summed E-state index contributed by atoms with van der Waals surface area (Å²) in [5.74, 6) is 0.0472. The Bertz CT molecular complexity index is 518. The molecule has 1 aromatic carbocycles. The van der Waals surface area contributed by atoms with Crippen LogP contribution in [0.1, 0.15) is 19.4 Å². The lowest BCUT2D eigenvalue weighted by molar-refractivity contribution is -0.384. The van der Waals surface area contributed by atoms with Crippen LogP contribution >= 0.6 is 11.6 Å². The van der Waals surface area contributed by atoms with Crippen LogP contribution in [0.25, 0.3) is 0 Å². The van der Waals surface area contributed by atoms with Crippen molar-refractivity contribution in [2.45, 2.75) is 20.4 Å². The molecule has 1 rings (SSSR count). The van der Waals surface area contributed by atoms with Crippen molar-refractivity contribution >= 4 is 23.2 Å². The van der Waals surface area contributed by atoms with Gasteiger partial charge in [0, 0.05) is 25.7 Å². The molecule has 0 saturated heterocycles. The maximum atomic E-state index is 12.0. The van der Waals surface area contributed by atoms with Gasteiger partial charge < -0.3 is 4.90 Å². The molecule has 0 aliphatic carbocycles. The van der Waals surface area contributed by atoms with Crippen LogP contribution in [0.4, 0.5) is 5.69 Å². The Morgan fingerprint density at radius 1 is 1.33 bits per heavy atom. The summed E-state index contributed by atoms with van der Waals surface area (Å²) in [7, 11) is 1.81. The predicted molar refractivity (Wildman–Crippen MR) is 82.4 cm³/mol. The summed E-state index contributed by atoms with van der Waals surface area (Å²) in [6.07, 6.45) is 0. The SMILES string of the molecule is CCN(CC)C(=O)CN(C)Cc1ccc(Cl)c([N+](=O)[O-])c1. The molecule has 1 amide bonds. The molecule has 0 saturated carbocycles. The minimum absolute atomic E-state index is 0.0472. The van der Waals surface area contributed by atoms with Gasteiger partial charge >= 0.3 is 0 Å². The fourth-order valence-electron chi connectivity index (χ4n) is 2.07. The third-order valence-corrected chi connectivity index (χ3v) is 3.50. The Kier molecular flexibility index (Phi) is 6.58. The second kappa shape index (κ2) is 7.95. The van der Waals surface area contributed by atoms with Crippen molar-refractivity contribution in [3.05, 3.63) is 38.9 Å². The maximum absolute atomic E-state index is 12.0. The summed E-state index contributed by atoms with van der Waals surface area (Å²) in [6, 6.07) is 4.68. The first-order valence-electron chi connectivity index (χ1n) is 6.78. The van der Waals surface area contributed by atoms with Crippen LogP contribution in [0.2, 0.25) is 5.02 Å². The highest BCUT2D eigenvalue weighted by atomic mass is 35.5. The molecule has 0 aliphatic heterocycles. The normalized spacial score (nSPS) is 10.7. The predicted octanol–water partition coefficient (Wildman–Crippen LogP) is 2.55. The quantitative estimate of drug-likeness (QED) is 0.573. The fraction of sp³-hybridized carbons (Fsp3) is 0.500. The van der Waals surface area contributed by atoms with Gasteiger partial charge in [0.25, 0.3) is 5.69 Å². The van der Waals surface area contributed by atoms with Crippen LogP contribution in [0, 0.1) is 10.1 Å². The topological polar surface area (TPSA) is 66.7 Å². The van der Waals surface area contributed by atoms with Gasteiger partial charge in [0.05, 0.1) is 11.5 Å². The van der Waals surface area contributed by atoms with Crippen molar-refractivity contribution in [3.63, 3.8) is 0 Å². The summed E-state index contributed by atoms with van der Waals surface area (Å²) in [6.45, 7) is 5.95. The van der Waals surface area contributed by atoms with Gasteiger partial charge in [-0.15, -0.1) is 0 Å². The Labute approximate surface area is 129 Å². The number of hydrogen-bond acceptors (Lipinski definition) is 4. The van der Waals surface area contributed by atoms with E-state index in [0.29, 0.717) is 19.6 Å². The number of carbonyl (C=O) groups excluding carboxylic acids is 1. The highest BCUT2D eigenvalue weighted by Crippen LogP contribution is 2.25. The van der Waals surface area contributed by atoms with E-state index in [1.165, 1.54) is 12.1 Å². The van der Waals surface area contributed by atoms with Crippen molar-refractivity contribution in [1.82, 2.24) is 9.80 Å². The minimum atomic E-state index is -0.507. The number of carbonyl (C=O) groups is 1. The summed E-state index contributed by atoms with van der Waals surface area (Å²) in [5, 5.41) is 11.0. The van der Waals surface area contributed by atoms with Gasteiger partial charge in [0.15, 0.2) is 0 Å². The first kappa shape index (κ1) is 17.4. The van der Waals surface area contributed by atoms with E-state index in [-0.39, 0.29) is 23.2 Å². The van der Waals surface area contributed by atoms with Crippen molar-refractivity contribution in [2.75, 3.05) is 26.7 Å². The molecule has 0 heterocycles. The summed E-state index contributed by atoms with van der Waals surface area (Å²) < 4.78 is 0. The first-order valence-corrected chi connectivity index (χ1v) is 7.15. The standard InChI is InChI=1S/C14H20ClN3O3/c1-4-17(5-2)14(19)10-16(3)9-11-6-7-12(15)13(8-11)18(20)21/h6-8H,4-5,9-10H2,1-3H3. The first-order chi connectivity index (χ1) is 9.88. The lowest BCUT2D eigenvalue weighted by Crippen LogP contribution is -2.38. The molecule has 0 unspecified atom stereocenters. The summed E-state index contributed by atoms with van der Waals surface area (Å²) >= 11 is 5.78. The largest absolute Gasteiger partial charge is 0.342 e. The molecular weight excluding hydrogens is 294 g/mol. The van der Waals surface area contributed by atoms with E-state index in [2.05, 4.69) is 0 Å². The van der Waals surface area contributed by atoms with Crippen LogP contribution in [0.3, 0.4) is 0 Å². The van der Waals surface area contributed by atoms with Crippen molar-refractivity contribution in [2.24, 2.45) is 0 Å². The Morgan fingerprint density at radius 2 is 1.95 bits per heavy atom. The molecule has 21 heavy (non-hydrogen) atoms. The number of hydrogen-bond donors (Lipinski definition) is 0. The molecule has 6 nitrogen and oxygen atoms in total. The van der Waals surface area contributed by atoms with Gasteiger partial charge in [-0.1, -0.05) is 17.7 Å². The van der Waals surface area contributed by atoms with E-state index in [9.17, 15) is 14.9 Å². The third kappa shape index (κ3) is 4.99. The zero-order valence-corrected chi connectivity index (χ0v) is 13.3. The van der Waals surface area contributed by atoms with Gasteiger partial charge in [-0.25, -0.2) is 0 Å². The zero-order valence-electron chi connectivity index (χ0n) is 12.5. The van der Waals surface area contributed by atoms with Crippen molar-refractivity contribution < 1.29 is 9.72 Å². The highest BCUT2D eigenvalue weighted by Gasteiger charge is 2.16. The molecule has 0 N–H and O–H groups in total. The average molecular weight is 314 g/mol. The maximum Gasteiger partial charge on any atom is 0.288 e. The number of nitrogens with zero attached hydrogens (tertiary/aromatic N) is 3. The van der Waals surface area contributed by atoms with Crippen LogP contribution in [0.5, 0.6) is 0 Å². The van der Waals surface area contributed by atoms with Crippen molar-refractivity contribution in [3.8, 4) is 0 Å². The van der Waals surface area contributed by atoms with E-state index in [4.69, 9.17) is 11.6 Å². The summed E-state index contributed by atoms with van der Waals surface area (Å²) in [4.78, 5) is 25.9. The van der Waals surface area contributed by atoms with E-state index in [1.54, 1.807) is 11.0 Å². The molecular formula is C14H20ClN3O3. The van der Waals surface area contributed by atoms with Gasteiger partial charge in [-0.3, -0.25) is 19.8 Å². The smallest absolute Gasteiger partial charge is 0.288 e. The molecule has 7 heteroatoms. The molecule has 0 atom stereocenters. The number of nitro groups is 1. The molecule has 0 spiro atoms. The lowest BCUT2D eigenvalue weighted by atomic mass is 10.2. The highest BCUT2D eigenvalue weighted by molar-refractivity contribution is 6.32. The van der Waals surface area contributed by atoms with Gasteiger partial charge in [-0.05, 0) is 32.5 Å². The molecule has 0 bridgehead atoms. The van der Waals surface area contributed by atoms with Crippen LogP contribution < -0.4 is 0 Å². The molecule has 1 aromatic rings. The number of nitro benzene ring substituents is 1. The number of benzene rings is 1. The fourth-order valence-corrected chi connectivity index (χ4v) is 2.26. The molecule has 116 valence electrons. The molecule has 0 fully saturated rings. The van der Waals surface area contributed by atoms with E-state index in [0.717, 1.165) is 5.56 Å². The number of amides is 1. The van der Waals surface area contributed by atoms with E-state index >= 15 is 0 Å². The van der Waals surface area contributed by atoms with E-state index in [1.807, 2.05) is 25.8 Å². The number of likely N-dealkylation sites (N-methyl/N-ethyl adjacent to an activating group) is 2. The van der Waals surface area contributed by atoms with Gasteiger partial charge in [-0.2, -0.15) is 0 Å². The average Bonchev–Trinajstić information content (AvgIpc) is 2.41. The number of halogens is 1. The van der Waals surface area contributed by atoms with Crippen LogP contribution in [-0.2, 0) is 11.3 Å².